The molecule has 2 heterocycles. The normalized spacial score (nSPS) is 16.6. The number of nitrogens with one attached hydrogen (secondary N) is 1. The molecule has 0 bridgehead atoms. The van der Waals surface area contributed by atoms with Gasteiger partial charge in [0.05, 0.1) is 13.4 Å². The van der Waals surface area contributed by atoms with E-state index in [4.69, 9.17) is 13.9 Å². The van der Waals surface area contributed by atoms with Gasteiger partial charge in [-0.3, -0.25) is 0 Å². The first-order valence-corrected chi connectivity index (χ1v) is 7.36. The molecule has 3 rings (SSSR count). The minimum absolute atomic E-state index is 0.256. The monoisotopic (exact) mass is 287 g/mol. The Hall–Kier alpha value is -1.94. The number of hydrogen-bond donors (Lipinski definition) is 1. The molecule has 0 radical (unpaired) electrons. The lowest BCUT2D eigenvalue weighted by Gasteiger charge is -2.12. The number of fused-ring (bicyclic) bond motifs is 1. The molecule has 0 fully saturated rings. The fourth-order valence-corrected chi connectivity index (χ4v) is 2.70. The van der Waals surface area contributed by atoms with E-state index >= 15 is 0 Å². The van der Waals surface area contributed by atoms with Crippen LogP contribution < -0.4 is 14.8 Å². The Morgan fingerprint density at radius 2 is 2.29 bits per heavy atom. The summed E-state index contributed by atoms with van der Waals surface area (Å²) in [6.45, 7) is 3.72. The zero-order valence-electron chi connectivity index (χ0n) is 12.5. The molecule has 0 saturated heterocycles. The van der Waals surface area contributed by atoms with Crippen molar-refractivity contribution in [1.82, 2.24) is 5.32 Å². The molecule has 1 aromatic carbocycles. The average molecular weight is 287 g/mol. The first-order valence-electron chi connectivity index (χ1n) is 7.36. The summed E-state index contributed by atoms with van der Waals surface area (Å²) in [5.74, 6) is 2.92. The van der Waals surface area contributed by atoms with Crippen molar-refractivity contribution in [3.05, 3.63) is 47.4 Å². The topological polar surface area (TPSA) is 43.6 Å². The smallest absolute Gasteiger partial charge is 0.123 e. The number of hydrogen-bond acceptors (Lipinski definition) is 4. The molecule has 21 heavy (non-hydrogen) atoms. The molecule has 0 aliphatic carbocycles. The van der Waals surface area contributed by atoms with E-state index in [0.29, 0.717) is 0 Å². The summed E-state index contributed by atoms with van der Waals surface area (Å²) in [5, 5.41) is 3.42. The van der Waals surface area contributed by atoms with Crippen molar-refractivity contribution in [2.24, 2.45) is 0 Å². The summed E-state index contributed by atoms with van der Waals surface area (Å²) >= 11 is 0. The molecule has 1 aliphatic rings. The minimum Gasteiger partial charge on any atom is -0.496 e. The molecule has 1 N–H and O–H groups in total. The predicted octanol–water partition coefficient (Wildman–Crippen LogP) is 2.94. The van der Waals surface area contributed by atoms with Crippen LogP contribution in [-0.4, -0.2) is 19.8 Å². The Morgan fingerprint density at radius 3 is 3.05 bits per heavy atom. The second-order valence-corrected chi connectivity index (χ2v) is 5.41. The van der Waals surface area contributed by atoms with Crippen molar-refractivity contribution in [2.75, 3.05) is 13.7 Å². The van der Waals surface area contributed by atoms with Gasteiger partial charge in [0.15, 0.2) is 0 Å². The highest BCUT2D eigenvalue weighted by Gasteiger charge is 2.21. The van der Waals surface area contributed by atoms with Crippen molar-refractivity contribution in [3.8, 4) is 11.5 Å². The Balaban J connectivity index is 1.61. The summed E-state index contributed by atoms with van der Waals surface area (Å²) < 4.78 is 16.6. The molecular weight excluding hydrogens is 266 g/mol. The molecule has 0 saturated carbocycles. The highest BCUT2D eigenvalue weighted by atomic mass is 16.5. The highest BCUT2D eigenvalue weighted by Crippen LogP contribution is 2.34. The van der Waals surface area contributed by atoms with Gasteiger partial charge in [0.1, 0.15) is 23.4 Å². The maximum Gasteiger partial charge on any atom is 0.123 e. The summed E-state index contributed by atoms with van der Waals surface area (Å²) in [5.41, 5.74) is 2.36. The molecule has 1 aromatic heterocycles. The molecule has 4 nitrogen and oxygen atoms in total. The van der Waals surface area contributed by atoms with Crippen LogP contribution in [0, 0.1) is 0 Å². The van der Waals surface area contributed by atoms with Crippen LogP contribution in [0.1, 0.15) is 23.8 Å². The van der Waals surface area contributed by atoms with E-state index in [0.717, 1.165) is 48.8 Å². The van der Waals surface area contributed by atoms with Gasteiger partial charge in [-0.1, -0.05) is 0 Å². The van der Waals surface area contributed by atoms with E-state index in [1.54, 1.807) is 13.4 Å². The summed E-state index contributed by atoms with van der Waals surface area (Å²) in [6, 6.07) is 8.10. The number of benzene rings is 1. The SMILES string of the molecule is COc1cc2c(cc1CNCCc1ccco1)OC(C)C2. The van der Waals surface area contributed by atoms with Crippen molar-refractivity contribution >= 4 is 0 Å². The molecule has 1 aliphatic heterocycles. The van der Waals surface area contributed by atoms with Gasteiger partial charge in [-0.25, -0.2) is 0 Å². The lowest BCUT2D eigenvalue weighted by atomic mass is 10.1. The molecule has 2 aromatic rings. The fraction of sp³-hybridized carbons (Fsp3) is 0.412. The number of rotatable bonds is 6. The van der Waals surface area contributed by atoms with E-state index in [1.165, 1.54) is 5.56 Å². The van der Waals surface area contributed by atoms with E-state index in [2.05, 4.69) is 24.4 Å². The standard InChI is InChI=1S/C17H21NO3/c1-12-8-13-9-16(19-2)14(10-17(13)21-12)11-18-6-5-15-4-3-7-20-15/h3-4,7,9-10,12,18H,5-6,8,11H2,1-2H3. The van der Waals surface area contributed by atoms with Gasteiger partial charge in [0.2, 0.25) is 0 Å². The van der Waals surface area contributed by atoms with Gasteiger partial charge in [0, 0.05) is 37.1 Å². The molecular formula is C17H21NO3. The van der Waals surface area contributed by atoms with Crippen LogP contribution >= 0.6 is 0 Å². The second-order valence-electron chi connectivity index (χ2n) is 5.41. The largest absolute Gasteiger partial charge is 0.496 e. The molecule has 112 valence electrons. The first kappa shape index (κ1) is 14.0. The summed E-state index contributed by atoms with van der Waals surface area (Å²) in [4.78, 5) is 0. The van der Waals surface area contributed by atoms with Crippen LogP contribution in [0.4, 0.5) is 0 Å². The molecule has 0 amide bonds. The molecule has 1 atom stereocenters. The lowest BCUT2D eigenvalue weighted by molar-refractivity contribution is 0.254. The van der Waals surface area contributed by atoms with Gasteiger partial charge < -0.3 is 19.2 Å². The lowest BCUT2D eigenvalue weighted by Crippen LogP contribution is -2.17. The van der Waals surface area contributed by atoms with Gasteiger partial charge in [-0.15, -0.1) is 0 Å². The third kappa shape index (κ3) is 3.22. The van der Waals surface area contributed by atoms with E-state index in [9.17, 15) is 0 Å². The van der Waals surface area contributed by atoms with Crippen molar-refractivity contribution in [3.63, 3.8) is 0 Å². The van der Waals surface area contributed by atoms with E-state index in [-0.39, 0.29) is 6.10 Å². The number of methoxy groups -OCH3 is 1. The van der Waals surface area contributed by atoms with Gasteiger partial charge in [0.25, 0.3) is 0 Å². The molecule has 4 heteroatoms. The van der Waals surface area contributed by atoms with Gasteiger partial charge in [-0.05, 0) is 31.2 Å². The van der Waals surface area contributed by atoms with Crippen LogP contribution in [0.5, 0.6) is 11.5 Å². The van der Waals surface area contributed by atoms with Crippen molar-refractivity contribution < 1.29 is 13.9 Å². The number of ether oxygens (including phenoxy) is 2. The zero-order valence-corrected chi connectivity index (χ0v) is 12.5. The van der Waals surface area contributed by atoms with Crippen LogP contribution in [-0.2, 0) is 19.4 Å². The summed E-state index contributed by atoms with van der Waals surface area (Å²) in [7, 11) is 1.72. The highest BCUT2D eigenvalue weighted by molar-refractivity contribution is 5.48. The predicted molar refractivity (Wildman–Crippen MR) is 80.9 cm³/mol. The van der Waals surface area contributed by atoms with Crippen molar-refractivity contribution in [2.45, 2.75) is 32.4 Å². The van der Waals surface area contributed by atoms with E-state index in [1.807, 2.05) is 12.1 Å². The fourth-order valence-electron chi connectivity index (χ4n) is 2.70. The molecule has 0 spiro atoms. The Bertz CT molecular complexity index is 592. The second kappa shape index (κ2) is 6.22. The first-order chi connectivity index (χ1) is 10.3. The summed E-state index contributed by atoms with van der Waals surface area (Å²) in [6.07, 6.45) is 3.80. The Morgan fingerprint density at radius 1 is 1.38 bits per heavy atom. The van der Waals surface area contributed by atoms with Crippen LogP contribution in [0.15, 0.2) is 34.9 Å². The van der Waals surface area contributed by atoms with Gasteiger partial charge in [-0.2, -0.15) is 0 Å². The zero-order chi connectivity index (χ0) is 14.7. The maximum absolute atomic E-state index is 5.81. The quantitative estimate of drug-likeness (QED) is 0.830. The molecule has 1 unspecified atom stereocenters. The van der Waals surface area contributed by atoms with Gasteiger partial charge >= 0.3 is 0 Å². The van der Waals surface area contributed by atoms with Crippen LogP contribution in [0.25, 0.3) is 0 Å². The maximum atomic E-state index is 5.81. The van der Waals surface area contributed by atoms with Crippen molar-refractivity contribution in [1.29, 1.82) is 0 Å². The van der Waals surface area contributed by atoms with Crippen LogP contribution in [0.3, 0.4) is 0 Å². The van der Waals surface area contributed by atoms with Crippen LogP contribution in [0.2, 0.25) is 0 Å². The Labute approximate surface area is 125 Å². The minimum atomic E-state index is 0.256. The third-order valence-electron chi connectivity index (χ3n) is 3.74. The third-order valence-corrected chi connectivity index (χ3v) is 3.74. The Kier molecular flexibility index (Phi) is 4.15. The average Bonchev–Trinajstić information content (AvgIpc) is 3.10. The number of furan rings is 1. The van der Waals surface area contributed by atoms with E-state index < -0.39 is 0 Å².